The Morgan fingerprint density at radius 2 is 2.41 bits per heavy atom. The number of hydrogen-bond acceptors (Lipinski definition) is 3. The van der Waals surface area contributed by atoms with Crippen LogP contribution in [0, 0.1) is 0 Å². The molecule has 1 saturated heterocycles. The van der Waals surface area contributed by atoms with E-state index in [0.717, 1.165) is 19.6 Å². The van der Waals surface area contributed by atoms with Crippen molar-refractivity contribution in [3.8, 4) is 0 Å². The second kappa shape index (κ2) is 5.83. The van der Waals surface area contributed by atoms with Crippen LogP contribution in [0.4, 0.5) is 0 Å². The summed E-state index contributed by atoms with van der Waals surface area (Å²) in [5.74, 6) is 0. The van der Waals surface area contributed by atoms with E-state index < -0.39 is 0 Å². The molecule has 1 N–H and O–H groups in total. The van der Waals surface area contributed by atoms with Crippen LogP contribution in [-0.2, 0) is 6.54 Å². The Morgan fingerprint density at radius 3 is 3.06 bits per heavy atom. The molecule has 1 aromatic rings. The van der Waals surface area contributed by atoms with Crippen molar-refractivity contribution in [1.82, 2.24) is 10.2 Å². The van der Waals surface area contributed by atoms with Crippen LogP contribution in [0.3, 0.4) is 0 Å². The third kappa shape index (κ3) is 3.53. The van der Waals surface area contributed by atoms with Crippen molar-refractivity contribution in [3.63, 3.8) is 0 Å². The first-order valence-corrected chi connectivity index (χ1v) is 7.99. The highest BCUT2D eigenvalue weighted by Gasteiger charge is 2.27. The molecule has 0 bridgehead atoms. The van der Waals surface area contributed by atoms with Gasteiger partial charge >= 0.3 is 0 Å². The lowest BCUT2D eigenvalue weighted by atomic mass is 9.98. The molecule has 0 amide bonds. The van der Waals surface area contributed by atoms with Gasteiger partial charge in [-0.3, -0.25) is 4.90 Å². The normalized spacial score (nSPS) is 27.0. The molecule has 1 aliphatic rings. The third-order valence-corrected chi connectivity index (χ3v) is 5.53. The van der Waals surface area contributed by atoms with E-state index in [9.17, 15) is 0 Å². The van der Waals surface area contributed by atoms with Crippen molar-refractivity contribution in [3.05, 3.63) is 20.8 Å². The Hall–Kier alpha value is 0.1000. The van der Waals surface area contributed by atoms with Crippen LogP contribution in [0.1, 0.15) is 31.6 Å². The van der Waals surface area contributed by atoms with Gasteiger partial charge in [-0.25, -0.2) is 0 Å². The zero-order chi connectivity index (χ0) is 12.3. The van der Waals surface area contributed by atoms with Gasteiger partial charge in [-0.1, -0.05) is 6.92 Å². The molecule has 0 aliphatic carbocycles. The summed E-state index contributed by atoms with van der Waals surface area (Å²) in [6.45, 7) is 9.19. The Labute approximate surface area is 117 Å². The van der Waals surface area contributed by atoms with Gasteiger partial charge in [0.15, 0.2) is 0 Å². The molecule has 1 unspecified atom stereocenters. The number of hydrogen-bond donors (Lipinski definition) is 1. The number of thiophene rings is 1. The van der Waals surface area contributed by atoms with E-state index in [0.29, 0.717) is 0 Å². The van der Waals surface area contributed by atoms with Crippen molar-refractivity contribution < 1.29 is 0 Å². The van der Waals surface area contributed by atoms with E-state index in [1.54, 1.807) is 0 Å². The number of halogens is 1. The molecule has 2 heterocycles. The number of rotatable bonds is 3. The maximum absolute atomic E-state index is 3.68. The third-order valence-electron chi connectivity index (χ3n) is 3.61. The second-order valence-electron chi connectivity index (χ2n) is 5.10. The summed E-state index contributed by atoms with van der Waals surface area (Å²) in [5.41, 5.74) is 0.278. The smallest absolute Gasteiger partial charge is 0.0340 e. The minimum Gasteiger partial charge on any atom is -0.310 e. The van der Waals surface area contributed by atoms with Crippen LogP contribution in [0.15, 0.2) is 15.9 Å². The van der Waals surface area contributed by atoms with Gasteiger partial charge in [0.2, 0.25) is 0 Å². The highest BCUT2D eigenvalue weighted by Crippen LogP contribution is 2.25. The molecule has 2 nitrogen and oxygen atoms in total. The number of nitrogens with one attached hydrogen (secondary N) is 1. The van der Waals surface area contributed by atoms with Gasteiger partial charge in [-0.2, -0.15) is 0 Å². The molecular formula is C13H21BrN2S. The number of nitrogens with zero attached hydrogens (tertiary/aromatic N) is 1. The highest BCUT2D eigenvalue weighted by molar-refractivity contribution is 9.10. The quantitative estimate of drug-likeness (QED) is 0.918. The molecule has 1 fully saturated rings. The van der Waals surface area contributed by atoms with E-state index in [1.807, 2.05) is 11.3 Å². The molecule has 0 aromatic carbocycles. The monoisotopic (exact) mass is 316 g/mol. The lowest BCUT2D eigenvalue weighted by molar-refractivity contribution is 0.210. The summed E-state index contributed by atoms with van der Waals surface area (Å²) < 4.78 is 1.26. The molecule has 0 saturated carbocycles. The fourth-order valence-corrected chi connectivity index (χ4v) is 3.85. The van der Waals surface area contributed by atoms with Crippen LogP contribution >= 0.6 is 27.3 Å². The minimum atomic E-state index is 0.278. The first-order chi connectivity index (χ1) is 8.13. The Morgan fingerprint density at radius 1 is 1.59 bits per heavy atom. The van der Waals surface area contributed by atoms with Crippen molar-refractivity contribution >= 4 is 27.3 Å². The maximum Gasteiger partial charge on any atom is 0.0340 e. The summed E-state index contributed by atoms with van der Waals surface area (Å²) >= 11 is 5.48. The molecule has 96 valence electrons. The second-order valence-corrected chi connectivity index (χ2v) is 6.95. The molecule has 1 aromatic heterocycles. The zero-order valence-electron chi connectivity index (χ0n) is 10.6. The SMILES string of the molecule is CCC1(C)CN(Cc2sccc2Br)CCCN1. The van der Waals surface area contributed by atoms with Crippen LogP contribution in [0.5, 0.6) is 0 Å². The van der Waals surface area contributed by atoms with Crippen molar-refractivity contribution in [2.75, 3.05) is 19.6 Å². The van der Waals surface area contributed by atoms with Crippen LogP contribution in [0.2, 0.25) is 0 Å². The van der Waals surface area contributed by atoms with Gasteiger partial charge in [-0.05, 0) is 60.2 Å². The van der Waals surface area contributed by atoms with E-state index in [1.165, 1.54) is 28.7 Å². The maximum atomic E-state index is 3.68. The highest BCUT2D eigenvalue weighted by atomic mass is 79.9. The summed E-state index contributed by atoms with van der Waals surface area (Å²) in [5, 5.41) is 5.84. The minimum absolute atomic E-state index is 0.278. The summed E-state index contributed by atoms with van der Waals surface area (Å²) in [4.78, 5) is 4.03. The predicted molar refractivity (Wildman–Crippen MR) is 78.6 cm³/mol. The Balaban J connectivity index is 2.02. The van der Waals surface area contributed by atoms with Gasteiger partial charge in [-0.15, -0.1) is 11.3 Å². The van der Waals surface area contributed by atoms with Gasteiger partial charge < -0.3 is 5.32 Å². The van der Waals surface area contributed by atoms with Crippen molar-refractivity contribution in [2.24, 2.45) is 0 Å². The molecule has 17 heavy (non-hydrogen) atoms. The summed E-state index contributed by atoms with van der Waals surface area (Å²) in [7, 11) is 0. The molecule has 1 aliphatic heterocycles. The average Bonchev–Trinajstić information content (AvgIpc) is 2.60. The molecular weight excluding hydrogens is 296 g/mol. The van der Waals surface area contributed by atoms with Gasteiger partial charge in [0.25, 0.3) is 0 Å². The standard InChI is InChI=1S/C13H21BrN2S/c1-3-13(2)10-16(7-4-6-15-13)9-12-11(14)5-8-17-12/h5,8,15H,3-4,6-7,9-10H2,1-2H3. The fourth-order valence-electron chi connectivity index (χ4n) is 2.33. The summed E-state index contributed by atoms with van der Waals surface area (Å²) in [6.07, 6.45) is 2.44. The van der Waals surface area contributed by atoms with E-state index in [4.69, 9.17) is 0 Å². The van der Waals surface area contributed by atoms with E-state index in [-0.39, 0.29) is 5.54 Å². The summed E-state index contributed by atoms with van der Waals surface area (Å²) in [6, 6.07) is 2.15. The van der Waals surface area contributed by atoms with E-state index in [2.05, 4.69) is 51.4 Å². The van der Waals surface area contributed by atoms with E-state index >= 15 is 0 Å². The van der Waals surface area contributed by atoms with Gasteiger partial charge in [0.05, 0.1) is 0 Å². The lowest BCUT2D eigenvalue weighted by Crippen LogP contribution is -2.48. The molecule has 1 atom stereocenters. The Kier molecular flexibility index (Phi) is 4.64. The zero-order valence-corrected chi connectivity index (χ0v) is 13.0. The molecule has 0 spiro atoms. The van der Waals surface area contributed by atoms with Crippen LogP contribution < -0.4 is 5.32 Å². The molecule has 2 rings (SSSR count). The van der Waals surface area contributed by atoms with Crippen LogP contribution in [0.25, 0.3) is 0 Å². The fraction of sp³-hybridized carbons (Fsp3) is 0.692. The first-order valence-electron chi connectivity index (χ1n) is 6.32. The van der Waals surface area contributed by atoms with Gasteiger partial charge in [0, 0.05) is 28.0 Å². The average molecular weight is 317 g/mol. The lowest BCUT2D eigenvalue weighted by Gasteiger charge is -2.32. The molecule has 0 radical (unpaired) electrons. The molecule has 4 heteroatoms. The first kappa shape index (κ1) is 13.5. The Bertz CT molecular complexity index is 366. The predicted octanol–water partition coefficient (Wildman–Crippen LogP) is 3.47. The largest absolute Gasteiger partial charge is 0.310 e. The van der Waals surface area contributed by atoms with Gasteiger partial charge in [0.1, 0.15) is 0 Å². The topological polar surface area (TPSA) is 15.3 Å². The van der Waals surface area contributed by atoms with Crippen molar-refractivity contribution in [1.29, 1.82) is 0 Å². The van der Waals surface area contributed by atoms with Crippen LogP contribution in [-0.4, -0.2) is 30.1 Å². The van der Waals surface area contributed by atoms with Crippen molar-refractivity contribution in [2.45, 2.75) is 38.8 Å².